The van der Waals surface area contributed by atoms with Crippen molar-refractivity contribution in [2.24, 2.45) is 7.05 Å². The highest BCUT2D eigenvalue weighted by Gasteiger charge is 2.32. The zero-order valence-electron chi connectivity index (χ0n) is 17.0. The first-order valence-corrected chi connectivity index (χ1v) is 9.00. The van der Waals surface area contributed by atoms with Crippen molar-refractivity contribution in [3.05, 3.63) is 58.2 Å². The Morgan fingerprint density at radius 3 is 2.43 bits per heavy atom. The standard InChI is InChI=1S/C21H25FN2O4/c1-7-24(20(26)15-9-8-10-16(22)11-15)14(4)19(25)17-12(2)18(21(27)28-6)23(5)13(17)3/h8-11,14H,7H2,1-6H3. The second-order valence-corrected chi connectivity index (χ2v) is 6.63. The molecule has 1 aromatic carbocycles. The number of halogens is 1. The van der Waals surface area contributed by atoms with Crippen molar-refractivity contribution in [3.63, 3.8) is 0 Å². The minimum atomic E-state index is -0.786. The van der Waals surface area contributed by atoms with Gasteiger partial charge in [-0.2, -0.15) is 0 Å². The lowest BCUT2D eigenvalue weighted by Crippen LogP contribution is -2.43. The van der Waals surface area contributed by atoms with Crippen LogP contribution in [0.4, 0.5) is 4.39 Å². The molecule has 2 rings (SSSR count). The molecule has 0 aliphatic heterocycles. The lowest BCUT2D eigenvalue weighted by atomic mass is 9.99. The van der Waals surface area contributed by atoms with Gasteiger partial charge in [0.25, 0.3) is 5.91 Å². The average molecular weight is 388 g/mol. The minimum Gasteiger partial charge on any atom is -0.464 e. The third-order valence-corrected chi connectivity index (χ3v) is 5.08. The number of carbonyl (C=O) groups excluding carboxylic acids is 3. The fraction of sp³-hybridized carbons (Fsp3) is 0.381. The van der Waals surface area contributed by atoms with Crippen molar-refractivity contribution < 1.29 is 23.5 Å². The van der Waals surface area contributed by atoms with E-state index in [1.807, 2.05) is 0 Å². The van der Waals surface area contributed by atoms with E-state index in [9.17, 15) is 18.8 Å². The summed E-state index contributed by atoms with van der Waals surface area (Å²) >= 11 is 0. The largest absolute Gasteiger partial charge is 0.464 e. The lowest BCUT2D eigenvalue weighted by molar-refractivity contribution is 0.0588. The minimum absolute atomic E-state index is 0.179. The zero-order valence-corrected chi connectivity index (χ0v) is 17.0. The molecular formula is C21H25FN2O4. The number of aromatic nitrogens is 1. The number of methoxy groups -OCH3 is 1. The molecule has 1 aromatic heterocycles. The third-order valence-electron chi connectivity index (χ3n) is 5.08. The maximum atomic E-state index is 13.5. The van der Waals surface area contributed by atoms with Gasteiger partial charge in [-0.1, -0.05) is 6.07 Å². The molecule has 1 unspecified atom stereocenters. The second-order valence-electron chi connectivity index (χ2n) is 6.63. The van der Waals surface area contributed by atoms with Crippen LogP contribution >= 0.6 is 0 Å². The van der Waals surface area contributed by atoms with E-state index < -0.39 is 23.7 Å². The van der Waals surface area contributed by atoms with Gasteiger partial charge in [0.05, 0.1) is 13.2 Å². The first-order chi connectivity index (χ1) is 13.1. The number of ether oxygens (including phenoxy) is 1. The number of likely N-dealkylation sites (N-methyl/N-ethyl adjacent to an activating group) is 1. The summed E-state index contributed by atoms with van der Waals surface area (Å²) in [6.45, 7) is 7.09. The highest BCUT2D eigenvalue weighted by Crippen LogP contribution is 2.25. The van der Waals surface area contributed by atoms with Crippen LogP contribution < -0.4 is 0 Å². The first-order valence-electron chi connectivity index (χ1n) is 9.00. The molecular weight excluding hydrogens is 363 g/mol. The Hall–Kier alpha value is -2.96. The molecule has 0 N–H and O–H groups in total. The summed E-state index contributed by atoms with van der Waals surface area (Å²) in [5.41, 5.74) is 2.00. The summed E-state index contributed by atoms with van der Waals surface area (Å²) in [4.78, 5) is 39.5. The van der Waals surface area contributed by atoms with E-state index in [4.69, 9.17) is 4.74 Å². The van der Waals surface area contributed by atoms with E-state index in [2.05, 4.69) is 0 Å². The molecule has 150 valence electrons. The van der Waals surface area contributed by atoms with Crippen LogP contribution in [0.3, 0.4) is 0 Å². The predicted molar refractivity (Wildman–Crippen MR) is 103 cm³/mol. The van der Waals surface area contributed by atoms with Crippen molar-refractivity contribution in [3.8, 4) is 0 Å². The van der Waals surface area contributed by atoms with Crippen LogP contribution in [0.5, 0.6) is 0 Å². The van der Waals surface area contributed by atoms with Crippen LogP contribution in [-0.4, -0.2) is 46.8 Å². The maximum absolute atomic E-state index is 13.5. The second kappa shape index (κ2) is 8.37. The number of ketones is 1. The molecule has 2 aromatic rings. The van der Waals surface area contributed by atoms with E-state index >= 15 is 0 Å². The molecule has 28 heavy (non-hydrogen) atoms. The molecule has 6 nitrogen and oxygen atoms in total. The molecule has 0 fully saturated rings. The van der Waals surface area contributed by atoms with Gasteiger partial charge < -0.3 is 14.2 Å². The number of esters is 1. The smallest absolute Gasteiger partial charge is 0.354 e. The van der Waals surface area contributed by atoms with Gasteiger partial charge in [0, 0.05) is 30.4 Å². The average Bonchev–Trinajstić information content (AvgIpc) is 2.89. The summed E-state index contributed by atoms with van der Waals surface area (Å²) < 4.78 is 19.9. The Labute approximate surface area is 163 Å². The summed E-state index contributed by atoms with van der Waals surface area (Å²) in [7, 11) is 2.97. The fourth-order valence-electron chi connectivity index (χ4n) is 3.46. The van der Waals surface area contributed by atoms with Crippen LogP contribution in [-0.2, 0) is 11.8 Å². The molecule has 0 spiro atoms. The Morgan fingerprint density at radius 1 is 1.25 bits per heavy atom. The highest BCUT2D eigenvalue weighted by molar-refractivity contribution is 6.07. The van der Waals surface area contributed by atoms with Crippen molar-refractivity contribution in [2.75, 3.05) is 13.7 Å². The SMILES string of the molecule is CCN(C(=O)c1cccc(F)c1)C(C)C(=O)c1c(C)c(C(=O)OC)n(C)c1C. The Balaban J connectivity index is 2.43. The fourth-order valence-corrected chi connectivity index (χ4v) is 3.46. The first kappa shape index (κ1) is 21.3. The van der Waals surface area contributed by atoms with E-state index in [0.29, 0.717) is 22.5 Å². The Kier molecular flexibility index (Phi) is 6.38. The predicted octanol–water partition coefficient (Wildman–Crippen LogP) is 3.30. The normalized spacial score (nSPS) is 11.8. The van der Waals surface area contributed by atoms with Gasteiger partial charge in [-0.05, 0) is 51.5 Å². The van der Waals surface area contributed by atoms with Crippen molar-refractivity contribution >= 4 is 17.7 Å². The molecule has 0 bridgehead atoms. The topological polar surface area (TPSA) is 68.6 Å². The van der Waals surface area contributed by atoms with E-state index in [-0.39, 0.29) is 17.9 Å². The van der Waals surface area contributed by atoms with E-state index in [0.717, 1.165) is 6.07 Å². The summed E-state index contributed by atoms with van der Waals surface area (Å²) in [5, 5.41) is 0. The number of Topliss-reactive ketones (excluding diaryl/α,β-unsaturated/α-hetero) is 1. The number of benzene rings is 1. The third kappa shape index (κ3) is 3.69. The lowest BCUT2D eigenvalue weighted by Gasteiger charge is -2.27. The molecule has 0 aliphatic carbocycles. The Morgan fingerprint density at radius 2 is 1.89 bits per heavy atom. The number of hydrogen-bond acceptors (Lipinski definition) is 4. The highest BCUT2D eigenvalue weighted by atomic mass is 19.1. The summed E-state index contributed by atoms with van der Waals surface area (Å²) in [6.07, 6.45) is 0. The molecule has 0 saturated carbocycles. The maximum Gasteiger partial charge on any atom is 0.354 e. The van der Waals surface area contributed by atoms with Gasteiger partial charge in [-0.3, -0.25) is 9.59 Å². The monoisotopic (exact) mass is 388 g/mol. The molecule has 1 amide bonds. The molecule has 0 radical (unpaired) electrons. The van der Waals surface area contributed by atoms with E-state index in [1.165, 1.54) is 30.2 Å². The van der Waals surface area contributed by atoms with Gasteiger partial charge in [0.2, 0.25) is 0 Å². The number of nitrogens with zero attached hydrogens (tertiary/aromatic N) is 2. The number of hydrogen-bond donors (Lipinski definition) is 0. The van der Waals surface area contributed by atoms with Gasteiger partial charge in [0.15, 0.2) is 5.78 Å². The van der Waals surface area contributed by atoms with Crippen LogP contribution in [0.15, 0.2) is 24.3 Å². The molecule has 0 aliphatic rings. The molecule has 1 heterocycles. The van der Waals surface area contributed by atoms with Crippen molar-refractivity contribution in [2.45, 2.75) is 33.7 Å². The van der Waals surface area contributed by atoms with Crippen LogP contribution in [0, 0.1) is 19.7 Å². The molecule has 7 heteroatoms. The number of rotatable bonds is 6. The molecule has 1 atom stereocenters. The number of amides is 1. The van der Waals surface area contributed by atoms with Gasteiger partial charge in [-0.15, -0.1) is 0 Å². The van der Waals surface area contributed by atoms with Gasteiger partial charge >= 0.3 is 5.97 Å². The zero-order chi connectivity index (χ0) is 21.2. The van der Waals surface area contributed by atoms with Gasteiger partial charge in [-0.25, -0.2) is 9.18 Å². The molecule has 0 saturated heterocycles. The van der Waals surface area contributed by atoms with Gasteiger partial charge in [0.1, 0.15) is 11.5 Å². The van der Waals surface area contributed by atoms with Crippen molar-refractivity contribution in [1.29, 1.82) is 0 Å². The van der Waals surface area contributed by atoms with Crippen LogP contribution in [0.2, 0.25) is 0 Å². The van der Waals surface area contributed by atoms with E-state index in [1.54, 1.807) is 39.3 Å². The Bertz CT molecular complexity index is 933. The number of carbonyl (C=O) groups is 3. The van der Waals surface area contributed by atoms with Crippen LogP contribution in [0.1, 0.15) is 56.3 Å². The quantitative estimate of drug-likeness (QED) is 0.562. The van der Waals surface area contributed by atoms with Crippen LogP contribution in [0.25, 0.3) is 0 Å². The van der Waals surface area contributed by atoms with Crippen molar-refractivity contribution in [1.82, 2.24) is 9.47 Å². The summed E-state index contributed by atoms with van der Waals surface area (Å²) in [5.74, 6) is -1.76. The summed E-state index contributed by atoms with van der Waals surface area (Å²) in [6, 6.07) is 4.59.